The number of fused-ring (bicyclic) bond motifs is 1. The van der Waals surface area contributed by atoms with E-state index in [-0.39, 0.29) is 18.0 Å². The van der Waals surface area contributed by atoms with Crippen LogP contribution in [-0.2, 0) is 21.2 Å². The van der Waals surface area contributed by atoms with Crippen molar-refractivity contribution in [2.75, 3.05) is 13.2 Å². The number of carboxylic acids is 1. The van der Waals surface area contributed by atoms with Crippen LogP contribution in [0.15, 0.2) is 23.1 Å². The van der Waals surface area contributed by atoms with E-state index in [0.29, 0.717) is 37.0 Å². The summed E-state index contributed by atoms with van der Waals surface area (Å²) in [6, 6.07) is 3.44. The predicted molar refractivity (Wildman–Crippen MR) is 80.8 cm³/mol. The van der Waals surface area contributed by atoms with E-state index in [2.05, 4.69) is 0 Å². The molecule has 1 aromatic carbocycles. The van der Waals surface area contributed by atoms with Crippen LogP contribution < -0.4 is 4.74 Å². The van der Waals surface area contributed by atoms with Crippen molar-refractivity contribution in [1.82, 2.24) is 4.31 Å². The molecule has 2 aliphatic rings. The van der Waals surface area contributed by atoms with Crippen molar-refractivity contribution < 1.29 is 28.2 Å². The monoisotopic (exact) mass is 341 g/mol. The van der Waals surface area contributed by atoms with Gasteiger partial charge in [0.05, 0.1) is 11.0 Å². The molecule has 0 aromatic heterocycles. The van der Waals surface area contributed by atoms with Crippen LogP contribution in [0, 0.1) is 0 Å². The predicted octanol–water partition coefficient (Wildman–Crippen LogP) is 0.610. The third kappa shape index (κ3) is 3.06. The molecule has 1 saturated heterocycles. The maximum absolute atomic E-state index is 12.8. The molecule has 2 N–H and O–H groups in total. The summed E-state index contributed by atoms with van der Waals surface area (Å²) in [5, 5.41) is 18.9. The number of aliphatic hydroxyl groups excluding tert-OH is 1. The largest absolute Gasteiger partial charge is 0.491 e. The number of carbonyl (C=O) groups is 1. The van der Waals surface area contributed by atoms with Crippen LogP contribution in [0.25, 0.3) is 0 Å². The minimum atomic E-state index is -3.89. The molecule has 3 rings (SSSR count). The molecular weight excluding hydrogens is 322 g/mol. The van der Waals surface area contributed by atoms with Crippen molar-refractivity contribution in [3.8, 4) is 5.75 Å². The summed E-state index contributed by atoms with van der Waals surface area (Å²) in [4.78, 5) is 11.4. The molecule has 7 nitrogen and oxygen atoms in total. The molecule has 2 unspecified atom stereocenters. The fourth-order valence-corrected chi connectivity index (χ4v) is 4.79. The van der Waals surface area contributed by atoms with Crippen LogP contribution >= 0.6 is 0 Å². The molecule has 1 fully saturated rings. The molecule has 8 heteroatoms. The minimum absolute atomic E-state index is 0.0436. The van der Waals surface area contributed by atoms with E-state index < -0.39 is 28.1 Å². The van der Waals surface area contributed by atoms with Crippen LogP contribution in [0.1, 0.15) is 24.8 Å². The van der Waals surface area contributed by atoms with Crippen LogP contribution in [0.5, 0.6) is 5.75 Å². The third-order valence-electron chi connectivity index (χ3n) is 4.26. The number of nitrogens with zero attached hydrogens (tertiary/aromatic N) is 1. The fraction of sp³-hybridized carbons (Fsp3) is 0.533. The van der Waals surface area contributed by atoms with Gasteiger partial charge in [-0.1, -0.05) is 0 Å². The Morgan fingerprint density at radius 3 is 2.83 bits per heavy atom. The van der Waals surface area contributed by atoms with Gasteiger partial charge in [-0.25, -0.2) is 8.42 Å². The van der Waals surface area contributed by atoms with E-state index in [9.17, 15) is 23.4 Å². The highest BCUT2D eigenvalue weighted by Crippen LogP contribution is 2.31. The second-order valence-electron chi connectivity index (χ2n) is 5.90. The van der Waals surface area contributed by atoms with Gasteiger partial charge in [-0.05, 0) is 43.0 Å². The van der Waals surface area contributed by atoms with Gasteiger partial charge in [0.1, 0.15) is 18.4 Å². The molecular formula is C15H19NO6S. The lowest BCUT2D eigenvalue weighted by Gasteiger charge is -2.32. The maximum Gasteiger partial charge on any atom is 0.322 e. The Kier molecular flexibility index (Phi) is 4.31. The summed E-state index contributed by atoms with van der Waals surface area (Å²) in [7, 11) is -3.89. The fourth-order valence-electron chi connectivity index (χ4n) is 3.09. The van der Waals surface area contributed by atoms with Crippen LogP contribution in [0.4, 0.5) is 0 Å². The first-order valence-corrected chi connectivity index (χ1v) is 9.02. The Labute approximate surface area is 134 Å². The molecule has 2 heterocycles. The number of aliphatic hydroxyl groups is 1. The third-order valence-corrected chi connectivity index (χ3v) is 6.17. The second kappa shape index (κ2) is 6.10. The Hall–Kier alpha value is -1.64. The number of rotatable bonds is 3. The molecule has 0 saturated carbocycles. The van der Waals surface area contributed by atoms with Gasteiger partial charge in [-0.2, -0.15) is 4.31 Å². The summed E-state index contributed by atoms with van der Waals surface area (Å²) in [5.41, 5.74) is 0.619. The van der Waals surface area contributed by atoms with Gasteiger partial charge < -0.3 is 14.9 Å². The zero-order valence-corrected chi connectivity index (χ0v) is 13.3. The topological polar surface area (TPSA) is 104 Å². The first-order valence-electron chi connectivity index (χ1n) is 7.58. The van der Waals surface area contributed by atoms with Crippen molar-refractivity contribution in [3.05, 3.63) is 23.8 Å². The zero-order valence-electron chi connectivity index (χ0n) is 12.5. The smallest absolute Gasteiger partial charge is 0.322 e. The van der Waals surface area contributed by atoms with Crippen LogP contribution in [0.3, 0.4) is 0 Å². The van der Waals surface area contributed by atoms with Gasteiger partial charge in [-0.15, -0.1) is 0 Å². The number of hydrogen-bond donors (Lipinski definition) is 2. The molecule has 126 valence electrons. The van der Waals surface area contributed by atoms with Crippen molar-refractivity contribution in [1.29, 1.82) is 0 Å². The maximum atomic E-state index is 12.8. The standard InChI is InChI=1S/C15H19NO6S/c17-11-7-10-8-12(4-5-14(10)22-9-11)23(20,21)16-6-2-1-3-13(16)15(18)19/h4-5,8,11,13,17H,1-3,6-7,9H2,(H,18,19). The molecule has 1 aromatic rings. The van der Waals surface area contributed by atoms with E-state index >= 15 is 0 Å². The Morgan fingerprint density at radius 1 is 1.30 bits per heavy atom. The molecule has 0 radical (unpaired) electrons. The number of aliphatic carboxylic acids is 1. The molecule has 2 aliphatic heterocycles. The Balaban J connectivity index is 1.96. The molecule has 23 heavy (non-hydrogen) atoms. The molecule has 0 amide bonds. The highest BCUT2D eigenvalue weighted by molar-refractivity contribution is 7.89. The van der Waals surface area contributed by atoms with Crippen LogP contribution in [-0.4, -0.2) is 54.2 Å². The number of ether oxygens (including phenoxy) is 1. The van der Waals surface area contributed by atoms with E-state index in [1.165, 1.54) is 12.1 Å². The van der Waals surface area contributed by atoms with E-state index in [1.54, 1.807) is 6.07 Å². The van der Waals surface area contributed by atoms with Gasteiger partial charge in [-0.3, -0.25) is 4.79 Å². The normalized spacial score (nSPS) is 25.4. The van der Waals surface area contributed by atoms with E-state index in [0.717, 1.165) is 4.31 Å². The average Bonchev–Trinajstić information content (AvgIpc) is 2.54. The van der Waals surface area contributed by atoms with Gasteiger partial charge in [0.2, 0.25) is 10.0 Å². The van der Waals surface area contributed by atoms with Gasteiger partial charge >= 0.3 is 5.97 Å². The highest BCUT2D eigenvalue weighted by atomic mass is 32.2. The van der Waals surface area contributed by atoms with Gasteiger partial charge in [0.25, 0.3) is 0 Å². The SMILES string of the molecule is O=C(O)C1CCCCN1S(=O)(=O)c1ccc2c(c1)CC(O)CO2. The number of benzene rings is 1. The Morgan fingerprint density at radius 2 is 2.09 bits per heavy atom. The second-order valence-corrected chi connectivity index (χ2v) is 7.79. The van der Waals surface area contributed by atoms with Crippen molar-refractivity contribution in [3.63, 3.8) is 0 Å². The number of piperidine rings is 1. The quantitative estimate of drug-likeness (QED) is 0.835. The van der Waals surface area contributed by atoms with Crippen molar-refractivity contribution in [2.24, 2.45) is 0 Å². The van der Waals surface area contributed by atoms with E-state index in [1.807, 2.05) is 0 Å². The summed E-state index contributed by atoms with van der Waals surface area (Å²) >= 11 is 0. The average molecular weight is 341 g/mol. The lowest BCUT2D eigenvalue weighted by atomic mass is 10.1. The minimum Gasteiger partial charge on any atom is -0.491 e. The number of sulfonamides is 1. The first kappa shape index (κ1) is 16.2. The van der Waals surface area contributed by atoms with Gasteiger partial charge in [0.15, 0.2) is 0 Å². The van der Waals surface area contributed by atoms with Crippen LogP contribution in [0.2, 0.25) is 0 Å². The van der Waals surface area contributed by atoms with E-state index in [4.69, 9.17) is 4.74 Å². The molecule has 2 atom stereocenters. The summed E-state index contributed by atoms with van der Waals surface area (Å²) in [6.45, 7) is 0.391. The molecule has 0 aliphatic carbocycles. The van der Waals surface area contributed by atoms with Crippen molar-refractivity contribution >= 4 is 16.0 Å². The number of hydrogen-bond acceptors (Lipinski definition) is 5. The lowest BCUT2D eigenvalue weighted by molar-refractivity contribution is -0.142. The van der Waals surface area contributed by atoms with Crippen molar-refractivity contribution in [2.45, 2.75) is 42.7 Å². The molecule has 0 bridgehead atoms. The Bertz CT molecular complexity index is 717. The summed E-state index contributed by atoms with van der Waals surface area (Å²) in [6.07, 6.45) is 1.33. The molecule has 0 spiro atoms. The summed E-state index contributed by atoms with van der Waals surface area (Å²) in [5.74, 6) is -0.562. The first-order chi connectivity index (χ1) is 10.9. The lowest BCUT2D eigenvalue weighted by Crippen LogP contribution is -2.47. The van der Waals surface area contributed by atoms with Gasteiger partial charge in [0, 0.05) is 13.0 Å². The summed E-state index contributed by atoms with van der Waals surface area (Å²) < 4.78 is 32.1. The zero-order chi connectivity index (χ0) is 16.6. The highest BCUT2D eigenvalue weighted by Gasteiger charge is 2.38. The number of carboxylic acid groups (broad SMARTS) is 1.